The maximum absolute atomic E-state index is 14.3. The first-order valence-corrected chi connectivity index (χ1v) is 11.3. The number of rotatable bonds is 8. The van der Waals surface area contributed by atoms with Gasteiger partial charge in [-0.15, -0.1) is 10.2 Å². The number of benzene rings is 2. The van der Waals surface area contributed by atoms with E-state index in [-0.39, 0.29) is 23.5 Å². The summed E-state index contributed by atoms with van der Waals surface area (Å²) in [6.07, 6.45) is 3.75. The van der Waals surface area contributed by atoms with Crippen LogP contribution in [0, 0.1) is 5.82 Å². The van der Waals surface area contributed by atoms with Gasteiger partial charge in [0.15, 0.2) is 11.0 Å². The molecule has 0 atom stereocenters. The van der Waals surface area contributed by atoms with Gasteiger partial charge in [0.05, 0.1) is 11.3 Å². The molecule has 1 aliphatic carbocycles. The van der Waals surface area contributed by atoms with E-state index in [2.05, 4.69) is 29.4 Å². The first kappa shape index (κ1) is 20.6. The average Bonchev–Trinajstić information content (AvgIpc) is 3.52. The maximum Gasteiger partial charge on any atom is 0.234 e. The van der Waals surface area contributed by atoms with Gasteiger partial charge in [0.25, 0.3) is 0 Å². The second-order valence-electron chi connectivity index (χ2n) is 7.38. The van der Waals surface area contributed by atoms with Crippen LogP contribution in [-0.2, 0) is 17.6 Å². The molecule has 1 fully saturated rings. The van der Waals surface area contributed by atoms with E-state index in [9.17, 15) is 9.18 Å². The van der Waals surface area contributed by atoms with Gasteiger partial charge in [0, 0.05) is 11.7 Å². The predicted molar refractivity (Wildman–Crippen MR) is 118 cm³/mol. The van der Waals surface area contributed by atoms with Crippen molar-refractivity contribution in [2.24, 2.45) is 0 Å². The fraction of sp³-hybridized carbons (Fsp3) is 0.348. The van der Waals surface area contributed by atoms with Crippen molar-refractivity contribution in [2.75, 3.05) is 11.1 Å². The van der Waals surface area contributed by atoms with Crippen molar-refractivity contribution in [3.8, 4) is 11.4 Å². The minimum atomic E-state index is -0.315. The van der Waals surface area contributed by atoms with Crippen LogP contribution in [0.25, 0.3) is 11.4 Å². The lowest BCUT2D eigenvalue weighted by molar-refractivity contribution is -0.113. The molecule has 1 aliphatic rings. The van der Waals surface area contributed by atoms with Crippen LogP contribution in [0.3, 0.4) is 0 Å². The van der Waals surface area contributed by atoms with Gasteiger partial charge in [-0.25, -0.2) is 4.39 Å². The van der Waals surface area contributed by atoms with E-state index < -0.39 is 0 Å². The highest BCUT2D eigenvalue weighted by Crippen LogP contribution is 2.41. The summed E-state index contributed by atoms with van der Waals surface area (Å²) in [7, 11) is 0. The number of aryl methyl sites for hydroxylation is 2. The Bertz CT molecular complexity index is 1040. The number of thioether (sulfide) groups is 1. The zero-order valence-electron chi connectivity index (χ0n) is 17.2. The molecule has 0 unspecified atom stereocenters. The number of halogens is 1. The van der Waals surface area contributed by atoms with Crippen LogP contribution >= 0.6 is 11.8 Å². The molecule has 1 saturated carbocycles. The number of carbonyl (C=O) groups excluding carboxylic acids is 1. The molecule has 0 aliphatic heterocycles. The Labute approximate surface area is 180 Å². The molecule has 1 aromatic heterocycles. The van der Waals surface area contributed by atoms with E-state index in [0.29, 0.717) is 16.5 Å². The molecular formula is C23H25FN4OS. The molecule has 156 valence electrons. The molecule has 2 aromatic carbocycles. The fourth-order valence-electron chi connectivity index (χ4n) is 3.57. The zero-order valence-corrected chi connectivity index (χ0v) is 18.0. The molecule has 0 bridgehead atoms. The number of hydrogen-bond acceptors (Lipinski definition) is 4. The molecule has 5 nitrogen and oxygen atoms in total. The monoisotopic (exact) mass is 424 g/mol. The first-order chi connectivity index (χ1) is 14.6. The molecule has 0 radical (unpaired) electrons. The van der Waals surface area contributed by atoms with E-state index in [1.54, 1.807) is 18.2 Å². The number of anilines is 1. The average molecular weight is 425 g/mol. The van der Waals surface area contributed by atoms with E-state index in [4.69, 9.17) is 0 Å². The molecule has 0 spiro atoms. The van der Waals surface area contributed by atoms with E-state index in [0.717, 1.165) is 42.5 Å². The van der Waals surface area contributed by atoms with Crippen LogP contribution in [0.4, 0.5) is 10.1 Å². The van der Waals surface area contributed by atoms with Crippen LogP contribution in [0.15, 0.2) is 47.6 Å². The van der Waals surface area contributed by atoms with E-state index >= 15 is 0 Å². The Morgan fingerprint density at radius 3 is 2.43 bits per heavy atom. The molecule has 1 N–H and O–H groups in total. The highest BCUT2D eigenvalue weighted by molar-refractivity contribution is 7.99. The third-order valence-electron chi connectivity index (χ3n) is 5.29. The highest BCUT2D eigenvalue weighted by atomic mass is 32.2. The first-order valence-electron chi connectivity index (χ1n) is 10.4. The van der Waals surface area contributed by atoms with Gasteiger partial charge >= 0.3 is 0 Å². The predicted octanol–water partition coefficient (Wildman–Crippen LogP) is 5.27. The van der Waals surface area contributed by atoms with Crippen molar-refractivity contribution in [1.29, 1.82) is 0 Å². The van der Waals surface area contributed by atoms with Crippen molar-refractivity contribution in [2.45, 2.75) is 50.7 Å². The van der Waals surface area contributed by atoms with Gasteiger partial charge in [-0.2, -0.15) is 0 Å². The van der Waals surface area contributed by atoms with Gasteiger partial charge in [-0.1, -0.05) is 55.9 Å². The SMILES string of the molecule is CCc1cccc(CC)c1NC(=O)CSc1nnc(-c2ccccc2F)n1C1CC1. The van der Waals surface area contributed by atoms with Gasteiger partial charge in [0.2, 0.25) is 5.91 Å². The van der Waals surface area contributed by atoms with Gasteiger partial charge in [-0.05, 0) is 48.9 Å². The normalized spacial score (nSPS) is 13.4. The summed E-state index contributed by atoms with van der Waals surface area (Å²) in [5, 5.41) is 12.3. The van der Waals surface area contributed by atoms with Gasteiger partial charge < -0.3 is 5.32 Å². The lowest BCUT2D eigenvalue weighted by Crippen LogP contribution is -2.17. The van der Waals surface area contributed by atoms with Crippen molar-refractivity contribution in [1.82, 2.24) is 14.8 Å². The van der Waals surface area contributed by atoms with Crippen LogP contribution in [-0.4, -0.2) is 26.4 Å². The van der Waals surface area contributed by atoms with Crippen LogP contribution in [0.5, 0.6) is 0 Å². The lowest BCUT2D eigenvalue weighted by atomic mass is 10.0. The van der Waals surface area contributed by atoms with Crippen molar-refractivity contribution in [3.05, 3.63) is 59.4 Å². The second kappa shape index (κ2) is 9.00. The molecule has 1 amide bonds. The molecule has 30 heavy (non-hydrogen) atoms. The Morgan fingerprint density at radius 2 is 1.80 bits per heavy atom. The van der Waals surface area contributed by atoms with E-state index in [1.165, 1.54) is 17.8 Å². The number of amides is 1. The smallest absolute Gasteiger partial charge is 0.234 e. The van der Waals surface area contributed by atoms with Gasteiger partial charge in [0.1, 0.15) is 5.82 Å². The number of hydrogen-bond donors (Lipinski definition) is 1. The Kier molecular flexibility index (Phi) is 6.18. The number of nitrogens with one attached hydrogen (secondary N) is 1. The van der Waals surface area contributed by atoms with E-state index in [1.807, 2.05) is 22.8 Å². The summed E-state index contributed by atoms with van der Waals surface area (Å²) in [5.41, 5.74) is 3.63. The Balaban J connectivity index is 1.51. The molecule has 1 heterocycles. The molecule has 0 saturated heterocycles. The maximum atomic E-state index is 14.3. The zero-order chi connectivity index (χ0) is 21.1. The van der Waals surface area contributed by atoms with Crippen molar-refractivity contribution < 1.29 is 9.18 Å². The summed E-state index contributed by atoms with van der Waals surface area (Å²) < 4.78 is 16.3. The summed E-state index contributed by atoms with van der Waals surface area (Å²) in [6, 6.07) is 13.0. The topological polar surface area (TPSA) is 59.8 Å². The van der Waals surface area contributed by atoms with Crippen LogP contribution in [0.1, 0.15) is 43.9 Å². The quantitative estimate of drug-likeness (QED) is 0.500. The molecule has 3 aromatic rings. The van der Waals surface area contributed by atoms with Crippen LogP contribution in [0.2, 0.25) is 0 Å². The lowest BCUT2D eigenvalue weighted by Gasteiger charge is -2.14. The Morgan fingerprint density at radius 1 is 1.10 bits per heavy atom. The minimum Gasteiger partial charge on any atom is -0.325 e. The van der Waals surface area contributed by atoms with Crippen LogP contribution < -0.4 is 5.32 Å². The third kappa shape index (κ3) is 4.26. The summed E-state index contributed by atoms with van der Waals surface area (Å²) >= 11 is 1.35. The fourth-order valence-corrected chi connectivity index (χ4v) is 4.38. The number of carbonyl (C=O) groups is 1. The largest absolute Gasteiger partial charge is 0.325 e. The second-order valence-corrected chi connectivity index (χ2v) is 8.32. The summed E-state index contributed by atoms with van der Waals surface area (Å²) in [4.78, 5) is 12.7. The number of para-hydroxylation sites is 1. The molecular weight excluding hydrogens is 399 g/mol. The Hall–Kier alpha value is -2.67. The minimum absolute atomic E-state index is 0.0756. The van der Waals surface area contributed by atoms with Gasteiger partial charge in [-0.3, -0.25) is 9.36 Å². The number of aromatic nitrogens is 3. The molecule has 4 rings (SSSR count). The standard InChI is InChI=1S/C23H25FN4OS/c1-3-15-8-7-9-16(4-2)21(15)25-20(29)14-30-23-27-26-22(28(23)17-12-13-17)18-10-5-6-11-19(18)24/h5-11,17H,3-4,12-14H2,1-2H3,(H,25,29). The third-order valence-corrected chi connectivity index (χ3v) is 6.23. The highest BCUT2D eigenvalue weighted by Gasteiger charge is 2.31. The summed E-state index contributed by atoms with van der Waals surface area (Å²) in [5.74, 6) is 0.365. The summed E-state index contributed by atoms with van der Waals surface area (Å²) in [6.45, 7) is 4.17. The van der Waals surface area contributed by atoms with Crippen molar-refractivity contribution >= 4 is 23.4 Å². The molecule has 7 heteroatoms. The van der Waals surface area contributed by atoms with Crippen molar-refractivity contribution in [3.63, 3.8) is 0 Å². The number of nitrogens with zero attached hydrogens (tertiary/aromatic N) is 3.